The Hall–Kier alpha value is -2.65. The lowest BCUT2D eigenvalue weighted by molar-refractivity contribution is -0.135. The molecule has 5 aliphatic carbocycles. The minimum atomic E-state index is -3.63. The van der Waals surface area contributed by atoms with E-state index in [1.807, 2.05) is 23.2 Å². The summed E-state index contributed by atoms with van der Waals surface area (Å²) in [5, 5.41) is 6.67. The van der Waals surface area contributed by atoms with Crippen LogP contribution in [0.25, 0.3) is 0 Å². The molecule has 45 heavy (non-hydrogen) atoms. The number of nitrogens with one attached hydrogen (secondary N) is 3. The van der Waals surface area contributed by atoms with Gasteiger partial charge >= 0.3 is 0 Å². The molecule has 2 aromatic rings. The number of likely N-dealkylation sites (tertiary alicyclic amines) is 1. The number of nitrogens with zero attached hydrogens (tertiary/aromatic N) is 1. The molecule has 1 aliphatic heterocycles. The van der Waals surface area contributed by atoms with Crippen LogP contribution in [-0.4, -0.2) is 66.6 Å². The lowest BCUT2D eigenvalue weighted by atomic mass is 9.48. The Labute approximate surface area is 268 Å². The third-order valence-electron chi connectivity index (χ3n) is 12.0. The highest BCUT2D eigenvalue weighted by atomic mass is 32.2. The highest BCUT2D eigenvalue weighted by Crippen LogP contribution is 2.60. The minimum Gasteiger partial charge on any atom is -0.357 e. The number of benzene rings is 1. The molecular formula is C36H50N4O4S. The Kier molecular flexibility index (Phi) is 8.16. The maximum atomic E-state index is 14.0. The standard InChI is InChI=1S/C36H50N4O4S/c1-24(2)21-37-29-8-11-36(12-9-29,23-45(43,44)30-6-4-3-5-7-30)40-13-10-31(34(40)42)39-33(41)32-17-28(22-38-32)35-18-25-14-26(19-35)16-27(15-25)20-35/h3-7,17,22,24-27,29,31,37-38H,8-16,18-21,23H2,1-2H3,(H,39,41)/t25?,26?,27?,29?,31-,35?,36?/m0/s1. The molecule has 0 unspecified atom stereocenters. The van der Waals surface area contributed by atoms with Gasteiger partial charge in [-0.1, -0.05) is 32.0 Å². The average Bonchev–Trinajstić information content (AvgIpc) is 3.65. The number of sulfone groups is 1. The Balaban J connectivity index is 1.06. The third kappa shape index (κ3) is 5.99. The molecule has 244 valence electrons. The first-order valence-electron chi connectivity index (χ1n) is 17.4. The van der Waals surface area contributed by atoms with Gasteiger partial charge in [0.1, 0.15) is 11.7 Å². The fourth-order valence-electron chi connectivity index (χ4n) is 10.1. The molecule has 6 aliphatic rings. The quantitative estimate of drug-likeness (QED) is 0.332. The molecule has 0 radical (unpaired) electrons. The van der Waals surface area contributed by atoms with Crippen LogP contribution in [0.5, 0.6) is 0 Å². The highest BCUT2D eigenvalue weighted by Gasteiger charge is 2.52. The van der Waals surface area contributed by atoms with Crippen molar-refractivity contribution in [1.82, 2.24) is 20.5 Å². The van der Waals surface area contributed by atoms with Gasteiger partial charge in [0.05, 0.1) is 16.2 Å². The molecule has 1 atom stereocenters. The van der Waals surface area contributed by atoms with E-state index in [-0.39, 0.29) is 23.0 Å². The van der Waals surface area contributed by atoms with Crippen LogP contribution in [0.15, 0.2) is 47.5 Å². The van der Waals surface area contributed by atoms with Crippen molar-refractivity contribution in [3.8, 4) is 0 Å². The van der Waals surface area contributed by atoms with E-state index >= 15 is 0 Å². The molecule has 1 saturated heterocycles. The zero-order valence-electron chi connectivity index (χ0n) is 26.9. The van der Waals surface area contributed by atoms with Gasteiger partial charge < -0.3 is 20.5 Å². The van der Waals surface area contributed by atoms with E-state index in [1.165, 1.54) is 44.1 Å². The molecular weight excluding hydrogens is 584 g/mol. The smallest absolute Gasteiger partial charge is 0.268 e. The Morgan fingerprint density at radius 3 is 2.27 bits per heavy atom. The van der Waals surface area contributed by atoms with Crippen molar-refractivity contribution in [2.24, 2.45) is 23.7 Å². The molecule has 2 heterocycles. The predicted molar refractivity (Wildman–Crippen MR) is 175 cm³/mol. The summed E-state index contributed by atoms with van der Waals surface area (Å²) in [6.07, 6.45) is 13.2. The third-order valence-corrected chi connectivity index (χ3v) is 13.9. The van der Waals surface area contributed by atoms with Crippen molar-refractivity contribution < 1.29 is 18.0 Å². The summed E-state index contributed by atoms with van der Waals surface area (Å²) in [6.45, 7) is 5.73. The van der Waals surface area contributed by atoms with Gasteiger partial charge in [-0.15, -0.1) is 0 Å². The average molecular weight is 635 g/mol. The molecule has 8 rings (SSSR count). The van der Waals surface area contributed by atoms with Crippen LogP contribution in [0.1, 0.15) is 101 Å². The van der Waals surface area contributed by atoms with E-state index in [2.05, 4.69) is 29.5 Å². The number of rotatable bonds is 10. The largest absolute Gasteiger partial charge is 0.357 e. The zero-order chi connectivity index (χ0) is 31.4. The van der Waals surface area contributed by atoms with Gasteiger partial charge in [-0.05, 0) is 130 Å². The van der Waals surface area contributed by atoms with Gasteiger partial charge in [0, 0.05) is 18.8 Å². The van der Waals surface area contributed by atoms with Crippen LogP contribution in [-0.2, 0) is 20.0 Å². The summed E-state index contributed by atoms with van der Waals surface area (Å²) in [6, 6.07) is 10.3. The van der Waals surface area contributed by atoms with Crippen LogP contribution in [0.4, 0.5) is 0 Å². The van der Waals surface area contributed by atoms with Gasteiger partial charge in [0.25, 0.3) is 5.91 Å². The van der Waals surface area contributed by atoms with Crippen LogP contribution in [0.2, 0.25) is 0 Å². The SMILES string of the molecule is CC(C)CNC1CCC(CS(=O)(=O)c2ccccc2)(N2CC[C@H](NC(=O)c3cc(C45CC6CC(CC(C6)C4)C5)c[nH]3)C2=O)CC1. The van der Waals surface area contributed by atoms with Crippen LogP contribution in [0, 0.1) is 23.7 Å². The second-order valence-corrected chi connectivity index (χ2v) is 17.7. The van der Waals surface area contributed by atoms with E-state index < -0.39 is 21.4 Å². The molecule has 1 aromatic heterocycles. The number of carbonyl (C=O) groups excluding carboxylic acids is 2. The first-order chi connectivity index (χ1) is 21.5. The Bertz CT molecular complexity index is 1470. The van der Waals surface area contributed by atoms with Crippen molar-refractivity contribution in [3.05, 3.63) is 53.9 Å². The molecule has 6 fully saturated rings. The van der Waals surface area contributed by atoms with E-state index in [0.717, 1.165) is 37.1 Å². The van der Waals surface area contributed by atoms with Crippen LogP contribution >= 0.6 is 0 Å². The van der Waals surface area contributed by atoms with Crippen LogP contribution in [0.3, 0.4) is 0 Å². The van der Waals surface area contributed by atoms with Crippen molar-refractivity contribution in [2.45, 2.75) is 112 Å². The number of amides is 2. The van der Waals surface area contributed by atoms with Gasteiger partial charge in [-0.25, -0.2) is 8.42 Å². The van der Waals surface area contributed by atoms with Crippen LogP contribution < -0.4 is 10.6 Å². The second kappa shape index (κ2) is 11.9. The number of carbonyl (C=O) groups is 2. The number of aromatic nitrogens is 1. The number of H-pyrrole nitrogens is 1. The van der Waals surface area contributed by atoms with E-state index in [1.54, 1.807) is 24.3 Å². The van der Waals surface area contributed by atoms with Gasteiger partial charge in [-0.3, -0.25) is 9.59 Å². The van der Waals surface area contributed by atoms with Gasteiger partial charge in [0.2, 0.25) is 5.91 Å². The summed E-state index contributed by atoms with van der Waals surface area (Å²) >= 11 is 0. The van der Waals surface area contributed by atoms with Crippen molar-refractivity contribution >= 4 is 21.7 Å². The molecule has 3 N–H and O–H groups in total. The van der Waals surface area contributed by atoms with E-state index in [4.69, 9.17) is 0 Å². The Morgan fingerprint density at radius 2 is 1.64 bits per heavy atom. The summed E-state index contributed by atoms with van der Waals surface area (Å²) in [5.74, 6) is 2.49. The molecule has 0 spiro atoms. The first kappa shape index (κ1) is 31.0. The lowest BCUT2D eigenvalue weighted by Crippen LogP contribution is -2.58. The second-order valence-electron chi connectivity index (χ2n) is 15.7. The fourth-order valence-corrected chi connectivity index (χ4v) is 12.0. The molecule has 1 aromatic carbocycles. The molecule has 8 nitrogen and oxygen atoms in total. The maximum absolute atomic E-state index is 14.0. The van der Waals surface area contributed by atoms with Crippen molar-refractivity contribution in [1.29, 1.82) is 0 Å². The highest BCUT2D eigenvalue weighted by molar-refractivity contribution is 7.91. The normalized spacial score (nSPS) is 34.5. The summed E-state index contributed by atoms with van der Waals surface area (Å²) in [4.78, 5) is 32.9. The topological polar surface area (TPSA) is 111 Å². The van der Waals surface area contributed by atoms with Crippen molar-refractivity contribution in [2.75, 3.05) is 18.8 Å². The monoisotopic (exact) mass is 634 g/mol. The number of hydrogen-bond acceptors (Lipinski definition) is 5. The number of aromatic amines is 1. The predicted octanol–water partition coefficient (Wildman–Crippen LogP) is 5.21. The lowest BCUT2D eigenvalue weighted by Gasteiger charge is -2.56. The minimum absolute atomic E-state index is 0.0988. The molecule has 4 bridgehead atoms. The van der Waals surface area contributed by atoms with Gasteiger partial charge in [-0.2, -0.15) is 0 Å². The van der Waals surface area contributed by atoms with E-state index in [0.29, 0.717) is 48.4 Å². The maximum Gasteiger partial charge on any atom is 0.268 e. The molecule has 5 saturated carbocycles. The van der Waals surface area contributed by atoms with Gasteiger partial charge in [0.15, 0.2) is 9.84 Å². The Morgan fingerprint density at radius 1 is 1.00 bits per heavy atom. The molecule has 9 heteroatoms. The summed E-state index contributed by atoms with van der Waals surface area (Å²) in [5.41, 5.74) is 1.19. The number of hydrogen-bond donors (Lipinski definition) is 3. The van der Waals surface area contributed by atoms with E-state index in [9.17, 15) is 18.0 Å². The summed E-state index contributed by atoms with van der Waals surface area (Å²) < 4.78 is 27.4. The summed E-state index contributed by atoms with van der Waals surface area (Å²) in [7, 11) is -3.63. The zero-order valence-corrected chi connectivity index (χ0v) is 27.7. The van der Waals surface area contributed by atoms with Crippen molar-refractivity contribution in [3.63, 3.8) is 0 Å². The first-order valence-corrected chi connectivity index (χ1v) is 19.0. The fraction of sp³-hybridized carbons (Fsp3) is 0.667. The molecule has 2 amide bonds.